The van der Waals surface area contributed by atoms with E-state index in [2.05, 4.69) is 11.6 Å². The zero-order valence-electron chi connectivity index (χ0n) is 21.1. The molecule has 9 nitrogen and oxygen atoms in total. The van der Waals surface area contributed by atoms with Gasteiger partial charge in [-0.1, -0.05) is 60.4 Å². The van der Waals surface area contributed by atoms with Crippen LogP contribution in [-0.4, -0.2) is 48.1 Å². The number of aliphatic hydroxyl groups is 1. The van der Waals surface area contributed by atoms with Gasteiger partial charge in [0.25, 0.3) is 5.78 Å². The molecule has 0 spiro atoms. The van der Waals surface area contributed by atoms with Gasteiger partial charge in [-0.2, -0.15) is 0 Å². The number of anilines is 1. The van der Waals surface area contributed by atoms with Crippen LogP contribution >= 0.6 is 11.3 Å². The molecule has 10 heteroatoms. The van der Waals surface area contributed by atoms with Gasteiger partial charge in [-0.15, -0.1) is 0 Å². The number of carbonyl (C=O) groups excluding carboxylic acids is 3. The third-order valence-electron chi connectivity index (χ3n) is 5.79. The van der Waals surface area contributed by atoms with Crippen LogP contribution in [0.15, 0.2) is 66.8 Å². The number of amides is 1. The zero-order valence-corrected chi connectivity index (χ0v) is 21.9. The molecule has 1 amide bonds. The highest BCUT2D eigenvalue weighted by Crippen LogP contribution is 2.45. The van der Waals surface area contributed by atoms with Crippen molar-refractivity contribution in [1.82, 2.24) is 4.98 Å². The molecule has 1 N–H and O–H groups in total. The molecule has 0 saturated carbocycles. The van der Waals surface area contributed by atoms with Crippen LogP contribution in [0.4, 0.5) is 5.13 Å². The van der Waals surface area contributed by atoms with E-state index in [-0.39, 0.29) is 27.9 Å². The third-order valence-corrected chi connectivity index (χ3v) is 6.93. The van der Waals surface area contributed by atoms with E-state index in [1.807, 2.05) is 6.92 Å². The second-order valence-electron chi connectivity index (χ2n) is 8.18. The first-order valence-corrected chi connectivity index (χ1v) is 12.6. The van der Waals surface area contributed by atoms with Crippen molar-refractivity contribution >= 4 is 39.9 Å². The van der Waals surface area contributed by atoms with Crippen LogP contribution < -0.4 is 14.4 Å². The van der Waals surface area contributed by atoms with Crippen LogP contribution in [0.3, 0.4) is 0 Å². The minimum absolute atomic E-state index is 0.115. The molecule has 1 saturated heterocycles. The molecule has 1 aliphatic rings. The number of nitrogens with zero attached hydrogens (tertiary/aromatic N) is 2. The lowest BCUT2D eigenvalue weighted by Gasteiger charge is -2.24. The van der Waals surface area contributed by atoms with E-state index < -0.39 is 23.7 Å². The Hall–Kier alpha value is -4.44. The molecule has 1 atom stereocenters. The maximum atomic E-state index is 13.4. The van der Waals surface area contributed by atoms with E-state index in [1.165, 1.54) is 12.0 Å². The summed E-state index contributed by atoms with van der Waals surface area (Å²) in [5.74, 6) is -1.86. The van der Waals surface area contributed by atoms with Gasteiger partial charge in [0, 0.05) is 5.56 Å². The molecule has 4 rings (SSSR count). The van der Waals surface area contributed by atoms with Gasteiger partial charge in [0.15, 0.2) is 16.6 Å². The molecule has 1 aromatic heterocycles. The van der Waals surface area contributed by atoms with Gasteiger partial charge in [0.1, 0.15) is 17.2 Å². The van der Waals surface area contributed by atoms with E-state index in [0.717, 1.165) is 11.3 Å². The number of aliphatic hydroxyl groups excluding tert-OH is 1. The molecule has 1 aliphatic heterocycles. The molecule has 0 aliphatic carbocycles. The summed E-state index contributed by atoms with van der Waals surface area (Å²) in [5.41, 5.74) is 1.08. The smallest absolute Gasteiger partial charge is 0.350 e. The minimum Gasteiger partial charge on any atom is -0.507 e. The highest BCUT2D eigenvalue weighted by Gasteiger charge is 2.48. The van der Waals surface area contributed by atoms with Gasteiger partial charge in [-0.3, -0.25) is 14.5 Å². The number of hydrogen-bond donors (Lipinski definition) is 1. The maximum Gasteiger partial charge on any atom is 0.350 e. The molecular formula is C28H26N2O7S. The standard InChI is InChI=1S/C28H26N2O7S/c1-5-14-37-19-13-12-18(15-20(19)36-6-2)22-21(23(31)17-10-8-7-9-11-17)24(32)26(33)30(22)28-29-16(3)25(38-28)27(34)35-4/h5,7-13,15,22,31H,1,6,14H2,2-4H3/b23-21+. The Balaban J connectivity index is 1.94. The topological polar surface area (TPSA) is 115 Å². The molecule has 0 bridgehead atoms. The maximum absolute atomic E-state index is 13.4. The molecule has 196 valence electrons. The van der Waals surface area contributed by atoms with E-state index in [9.17, 15) is 19.5 Å². The number of ketones is 1. The fourth-order valence-electron chi connectivity index (χ4n) is 4.10. The normalized spacial score (nSPS) is 16.4. The SMILES string of the molecule is C=CCOc1ccc(C2/C(=C(\O)c3ccccc3)C(=O)C(=O)N2c2nc(C)c(C(=O)OC)s2)cc1OCC. The van der Waals surface area contributed by atoms with Crippen molar-refractivity contribution in [1.29, 1.82) is 0 Å². The summed E-state index contributed by atoms with van der Waals surface area (Å²) < 4.78 is 16.3. The summed E-state index contributed by atoms with van der Waals surface area (Å²) in [6.45, 7) is 7.68. The molecule has 38 heavy (non-hydrogen) atoms. The number of aromatic nitrogens is 1. The van der Waals surface area contributed by atoms with Crippen molar-refractivity contribution in [2.45, 2.75) is 19.9 Å². The molecule has 3 aromatic rings. The van der Waals surface area contributed by atoms with Crippen LogP contribution in [0.5, 0.6) is 11.5 Å². The average molecular weight is 535 g/mol. The zero-order chi connectivity index (χ0) is 27.4. The summed E-state index contributed by atoms with van der Waals surface area (Å²) in [7, 11) is 1.25. The number of methoxy groups -OCH3 is 1. The number of hydrogen-bond acceptors (Lipinski definition) is 9. The first kappa shape index (κ1) is 26.6. The van der Waals surface area contributed by atoms with Gasteiger partial charge >= 0.3 is 11.9 Å². The first-order valence-electron chi connectivity index (χ1n) is 11.7. The summed E-state index contributed by atoms with van der Waals surface area (Å²) in [4.78, 5) is 44.9. The highest BCUT2D eigenvalue weighted by atomic mass is 32.1. The monoisotopic (exact) mass is 534 g/mol. The predicted molar refractivity (Wildman–Crippen MR) is 143 cm³/mol. The predicted octanol–water partition coefficient (Wildman–Crippen LogP) is 4.83. The fraction of sp³-hybridized carbons (Fsp3) is 0.214. The van der Waals surface area contributed by atoms with Crippen molar-refractivity contribution in [3.63, 3.8) is 0 Å². The van der Waals surface area contributed by atoms with E-state index >= 15 is 0 Å². The number of carbonyl (C=O) groups is 3. The lowest BCUT2D eigenvalue weighted by molar-refractivity contribution is -0.132. The Bertz CT molecular complexity index is 1430. The molecule has 2 aromatic carbocycles. The lowest BCUT2D eigenvalue weighted by Crippen LogP contribution is -2.29. The van der Waals surface area contributed by atoms with Crippen molar-refractivity contribution in [2.75, 3.05) is 25.2 Å². The number of benzene rings is 2. The number of esters is 1. The molecule has 2 heterocycles. The van der Waals surface area contributed by atoms with Crippen molar-refractivity contribution in [2.24, 2.45) is 0 Å². The van der Waals surface area contributed by atoms with Gasteiger partial charge in [-0.05, 0) is 31.5 Å². The van der Waals surface area contributed by atoms with E-state index in [0.29, 0.717) is 34.9 Å². The highest BCUT2D eigenvalue weighted by molar-refractivity contribution is 7.17. The number of thiazole rings is 1. The summed E-state index contributed by atoms with van der Waals surface area (Å²) in [6, 6.07) is 12.4. The largest absolute Gasteiger partial charge is 0.507 e. The van der Waals surface area contributed by atoms with Crippen LogP contribution in [0.1, 0.15) is 39.5 Å². The van der Waals surface area contributed by atoms with Crippen molar-refractivity contribution in [3.8, 4) is 11.5 Å². The fourth-order valence-corrected chi connectivity index (χ4v) is 5.11. The Morgan fingerprint density at radius 3 is 2.55 bits per heavy atom. The van der Waals surface area contributed by atoms with Gasteiger partial charge < -0.3 is 19.3 Å². The summed E-state index contributed by atoms with van der Waals surface area (Å²) in [5, 5.41) is 11.4. The Morgan fingerprint density at radius 2 is 1.89 bits per heavy atom. The van der Waals surface area contributed by atoms with Gasteiger partial charge in [-0.25, -0.2) is 9.78 Å². The third kappa shape index (κ3) is 4.90. The Kier molecular flexibility index (Phi) is 7.92. The second kappa shape index (κ2) is 11.3. The van der Waals surface area contributed by atoms with Crippen LogP contribution in [0, 0.1) is 6.92 Å². The Labute approximate surface area is 223 Å². The number of aryl methyl sites for hydroxylation is 1. The van der Waals surface area contributed by atoms with Crippen LogP contribution in [0.25, 0.3) is 5.76 Å². The first-order chi connectivity index (χ1) is 18.3. The van der Waals surface area contributed by atoms with Crippen molar-refractivity contribution in [3.05, 3.63) is 88.5 Å². The number of ether oxygens (including phenoxy) is 3. The summed E-state index contributed by atoms with van der Waals surface area (Å²) in [6.07, 6.45) is 1.60. The van der Waals surface area contributed by atoms with Gasteiger partial charge in [0.05, 0.1) is 31.0 Å². The Morgan fingerprint density at radius 1 is 1.16 bits per heavy atom. The molecule has 1 unspecified atom stereocenters. The van der Waals surface area contributed by atoms with E-state index in [4.69, 9.17) is 14.2 Å². The van der Waals surface area contributed by atoms with E-state index in [1.54, 1.807) is 61.5 Å². The number of Topliss-reactive ketones (excluding diaryl/α,β-unsaturated/α-hetero) is 1. The van der Waals surface area contributed by atoms with Crippen LogP contribution in [0.2, 0.25) is 0 Å². The quantitative estimate of drug-likeness (QED) is 0.137. The van der Waals surface area contributed by atoms with Crippen molar-refractivity contribution < 1.29 is 33.7 Å². The molecule has 0 radical (unpaired) electrons. The second-order valence-corrected chi connectivity index (χ2v) is 9.15. The number of rotatable bonds is 9. The lowest BCUT2D eigenvalue weighted by atomic mass is 9.95. The molecular weight excluding hydrogens is 508 g/mol. The van der Waals surface area contributed by atoms with Gasteiger partial charge in [0.2, 0.25) is 0 Å². The van der Waals surface area contributed by atoms with Crippen LogP contribution in [-0.2, 0) is 14.3 Å². The minimum atomic E-state index is -1.06. The summed E-state index contributed by atoms with van der Waals surface area (Å²) >= 11 is 0.928. The molecule has 1 fully saturated rings. The average Bonchev–Trinajstić information content (AvgIpc) is 3.44.